The second kappa shape index (κ2) is 5.94. The molecular weight excluding hydrogens is 346 g/mol. The van der Waals surface area contributed by atoms with Crippen LogP contribution in [0.2, 0.25) is 0 Å². The molecule has 0 aliphatic carbocycles. The van der Waals surface area contributed by atoms with Crippen LogP contribution in [0.15, 0.2) is 42.6 Å². The first-order valence-electron chi connectivity index (χ1n) is 8.85. The first-order valence-corrected chi connectivity index (χ1v) is 8.85. The molecule has 0 radical (unpaired) electrons. The minimum absolute atomic E-state index is 0.167. The number of nitrogens with zero attached hydrogens (tertiary/aromatic N) is 4. The lowest BCUT2D eigenvalue weighted by Gasteiger charge is -2.06. The van der Waals surface area contributed by atoms with E-state index >= 15 is 0 Å². The van der Waals surface area contributed by atoms with Crippen molar-refractivity contribution < 1.29 is 8.78 Å². The summed E-state index contributed by atoms with van der Waals surface area (Å²) < 4.78 is 29.6. The predicted octanol–water partition coefficient (Wildman–Crippen LogP) is 4.23. The Morgan fingerprint density at radius 2 is 1.89 bits per heavy atom. The average molecular weight is 362 g/mol. The molecule has 27 heavy (non-hydrogen) atoms. The van der Waals surface area contributed by atoms with E-state index in [1.807, 2.05) is 12.1 Å². The van der Waals surface area contributed by atoms with E-state index in [0.717, 1.165) is 24.1 Å². The monoisotopic (exact) mass is 362 g/mol. The van der Waals surface area contributed by atoms with E-state index in [0.29, 0.717) is 29.7 Å². The lowest BCUT2D eigenvalue weighted by Crippen LogP contribution is -2.03. The number of imidazole rings is 1. The van der Waals surface area contributed by atoms with E-state index in [2.05, 4.69) is 32.9 Å². The normalized spacial score (nSPS) is 12.4. The molecule has 1 aliphatic rings. The molecule has 0 N–H and O–H groups in total. The summed E-state index contributed by atoms with van der Waals surface area (Å²) in [7, 11) is 0. The van der Waals surface area contributed by atoms with Gasteiger partial charge in [-0.15, -0.1) is 0 Å². The Labute approximate surface area is 154 Å². The molecular formula is C21H16F2N4. The van der Waals surface area contributed by atoms with Crippen molar-refractivity contribution in [2.45, 2.75) is 26.3 Å². The molecule has 2 aromatic carbocycles. The Hall–Kier alpha value is -3.15. The van der Waals surface area contributed by atoms with Crippen LogP contribution in [0.3, 0.4) is 0 Å². The maximum atomic E-state index is 14.1. The number of aromatic nitrogens is 4. The van der Waals surface area contributed by atoms with E-state index in [1.165, 1.54) is 17.2 Å². The molecule has 3 heterocycles. The summed E-state index contributed by atoms with van der Waals surface area (Å²) in [6, 6.07) is 10.4. The SMILES string of the molecule is Cc1nc(CCc2cn3c(n2)-c2ccccc2C3)nc2c(F)cc(F)cc12. The molecule has 4 nitrogen and oxygen atoms in total. The number of hydrogen-bond acceptors (Lipinski definition) is 3. The third-order valence-electron chi connectivity index (χ3n) is 4.99. The second-order valence-corrected chi connectivity index (χ2v) is 6.85. The van der Waals surface area contributed by atoms with E-state index in [9.17, 15) is 8.78 Å². The number of aryl methyl sites for hydroxylation is 3. The summed E-state index contributed by atoms with van der Waals surface area (Å²) in [5, 5.41) is 0.411. The highest BCUT2D eigenvalue weighted by Crippen LogP contribution is 2.31. The van der Waals surface area contributed by atoms with Gasteiger partial charge in [0.05, 0.1) is 5.69 Å². The number of halogens is 2. The fourth-order valence-corrected chi connectivity index (χ4v) is 3.70. The van der Waals surface area contributed by atoms with E-state index < -0.39 is 11.6 Å². The second-order valence-electron chi connectivity index (χ2n) is 6.85. The molecule has 0 unspecified atom stereocenters. The molecule has 134 valence electrons. The van der Waals surface area contributed by atoms with Gasteiger partial charge in [-0.3, -0.25) is 0 Å². The fourth-order valence-electron chi connectivity index (χ4n) is 3.70. The van der Waals surface area contributed by atoms with Crippen molar-refractivity contribution in [1.82, 2.24) is 19.5 Å². The summed E-state index contributed by atoms with van der Waals surface area (Å²) >= 11 is 0. The highest BCUT2D eigenvalue weighted by atomic mass is 19.1. The van der Waals surface area contributed by atoms with Crippen LogP contribution >= 0.6 is 0 Å². The van der Waals surface area contributed by atoms with Gasteiger partial charge in [-0.25, -0.2) is 23.7 Å². The van der Waals surface area contributed by atoms with Gasteiger partial charge in [-0.2, -0.15) is 0 Å². The molecule has 5 rings (SSSR count). The minimum atomic E-state index is -0.658. The zero-order chi connectivity index (χ0) is 18.5. The van der Waals surface area contributed by atoms with Gasteiger partial charge in [0.15, 0.2) is 5.82 Å². The maximum Gasteiger partial charge on any atom is 0.152 e. The van der Waals surface area contributed by atoms with Gasteiger partial charge in [0.2, 0.25) is 0 Å². The molecule has 2 aromatic heterocycles. The lowest BCUT2D eigenvalue weighted by atomic mass is 10.1. The molecule has 0 saturated carbocycles. The Morgan fingerprint density at radius 3 is 2.78 bits per heavy atom. The molecule has 0 bridgehead atoms. The minimum Gasteiger partial charge on any atom is -0.326 e. The number of benzene rings is 2. The van der Waals surface area contributed by atoms with E-state index in [-0.39, 0.29) is 5.52 Å². The maximum absolute atomic E-state index is 14.1. The van der Waals surface area contributed by atoms with Gasteiger partial charge in [-0.05, 0) is 25.0 Å². The van der Waals surface area contributed by atoms with Crippen molar-refractivity contribution >= 4 is 10.9 Å². The van der Waals surface area contributed by atoms with Crippen molar-refractivity contribution in [2.24, 2.45) is 0 Å². The molecule has 0 spiro atoms. The van der Waals surface area contributed by atoms with Crippen molar-refractivity contribution in [2.75, 3.05) is 0 Å². The van der Waals surface area contributed by atoms with E-state index in [4.69, 9.17) is 4.98 Å². The predicted molar refractivity (Wildman–Crippen MR) is 98.4 cm³/mol. The van der Waals surface area contributed by atoms with Gasteiger partial charge in [-0.1, -0.05) is 24.3 Å². The van der Waals surface area contributed by atoms with Crippen LogP contribution in [0.1, 0.15) is 22.8 Å². The Morgan fingerprint density at radius 1 is 1.04 bits per heavy atom. The highest BCUT2D eigenvalue weighted by Gasteiger charge is 2.20. The summed E-state index contributed by atoms with van der Waals surface area (Å²) in [4.78, 5) is 13.5. The average Bonchev–Trinajstić information content (AvgIpc) is 3.18. The first-order chi connectivity index (χ1) is 13.1. The summed E-state index contributed by atoms with van der Waals surface area (Å²) in [5.74, 6) is 0.249. The first kappa shape index (κ1) is 16.1. The van der Waals surface area contributed by atoms with Gasteiger partial charge in [0.1, 0.15) is 23.0 Å². The molecule has 1 aliphatic heterocycles. The van der Waals surface area contributed by atoms with Crippen LogP contribution < -0.4 is 0 Å². The molecule has 0 atom stereocenters. The molecule has 0 amide bonds. The van der Waals surface area contributed by atoms with Crippen LogP contribution in [0, 0.1) is 18.6 Å². The zero-order valence-corrected chi connectivity index (χ0v) is 14.7. The summed E-state index contributed by atoms with van der Waals surface area (Å²) in [6.45, 7) is 2.58. The van der Waals surface area contributed by atoms with Crippen LogP contribution in [0.25, 0.3) is 22.3 Å². The fraction of sp³-hybridized carbons (Fsp3) is 0.190. The molecule has 0 fully saturated rings. The third kappa shape index (κ3) is 2.68. The number of hydrogen-bond donors (Lipinski definition) is 0. The van der Waals surface area contributed by atoms with Crippen molar-refractivity contribution in [3.05, 3.63) is 77.0 Å². The van der Waals surface area contributed by atoms with Crippen LogP contribution in [0.5, 0.6) is 0 Å². The van der Waals surface area contributed by atoms with Crippen molar-refractivity contribution in [3.63, 3.8) is 0 Å². The third-order valence-corrected chi connectivity index (χ3v) is 4.99. The highest BCUT2D eigenvalue weighted by molar-refractivity contribution is 5.81. The Balaban J connectivity index is 1.42. The smallest absolute Gasteiger partial charge is 0.152 e. The standard InChI is InChI=1S/C21H16F2N4/c1-12-17-8-14(22)9-18(23)20(17)26-19(24-12)7-6-15-11-27-10-13-4-2-3-5-16(13)21(27)25-15/h2-5,8-9,11H,6-7,10H2,1H3. The van der Waals surface area contributed by atoms with Crippen LogP contribution in [-0.4, -0.2) is 19.5 Å². The van der Waals surface area contributed by atoms with Gasteiger partial charge in [0, 0.05) is 41.9 Å². The zero-order valence-electron chi connectivity index (χ0n) is 14.7. The van der Waals surface area contributed by atoms with Crippen LogP contribution in [-0.2, 0) is 19.4 Å². The summed E-state index contributed by atoms with van der Waals surface area (Å²) in [5.41, 5.74) is 4.16. The molecule has 0 saturated heterocycles. The quantitative estimate of drug-likeness (QED) is 0.482. The van der Waals surface area contributed by atoms with E-state index in [1.54, 1.807) is 6.92 Å². The molecule has 6 heteroatoms. The largest absolute Gasteiger partial charge is 0.326 e. The number of rotatable bonds is 3. The lowest BCUT2D eigenvalue weighted by molar-refractivity contribution is 0.589. The summed E-state index contributed by atoms with van der Waals surface area (Å²) in [6.07, 6.45) is 3.26. The van der Waals surface area contributed by atoms with Gasteiger partial charge in [0.25, 0.3) is 0 Å². The van der Waals surface area contributed by atoms with Gasteiger partial charge < -0.3 is 4.57 Å². The van der Waals surface area contributed by atoms with Gasteiger partial charge >= 0.3 is 0 Å². The topological polar surface area (TPSA) is 43.6 Å². The molecule has 4 aromatic rings. The van der Waals surface area contributed by atoms with Crippen LogP contribution in [0.4, 0.5) is 8.78 Å². The van der Waals surface area contributed by atoms with Crippen molar-refractivity contribution in [1.29, 1.82) is 0 Å². The Kier molecular flexibility index (Phi) is 3.53. The Bertz CT molecular complexity index is 1200. The number of fused-ring (bicyclic) bond motifs is 4. The van der Waals surface area contributed by atoms with Crippen molar-refractivity contribution in [3.8, 4) is 11.4 Å².